The van der Waals surface area contributed by atoms with Gasteiger partial charge >= 0.3 is 0 Å². The predicted octanol–water partition coefficient (Wildman–Crippen LogP) is 4.89. The van der Waals surface area contributed by atoms with Crippen LogP contribution in [0.5, 0.6) is 11.5 Å². The molecular formula is C23H24N2O3S. The summed E-state index contributed by atoms with van der Waals surface area (Å²) in [5.41, 5.74) is 3.10. The average molecular weight is 409 g/mol. The van der Waals surface area contributed by atoms with Gasteiger partial charge in [0.25, 0.3) is 5.91 Å². The van der Waals surface area contributed by atoms with Gasteiger partial charge in [-0.25, -0.2) is 4.98 Å². The number of methoxy groups -OCH3 is 2. The fraction of sp³-hybridized carbons (Fsp3) is 0.217. The van der Waals surface area contributed by atoms with E-state index in [4.69, 9.17) is 9.47 Å². The minimum absolute atomic E-state index is 0.163. The Bertz CT molecular complexity index is 1010. The zero-order valence-corrected chi connectivity index (χ0v) is 17.7. The fourth-order valence-corrected chi connectivity index (χ4v) is 3.64. The molecule has 0 spiro atoms. The second-order valence-corrected chi connectivity index (χ2v) is 7.59. The molecule has 2 aromatic carbocycles. The largest absolute Gasteiger partial charge is 0.493 e. The first kappa shape index (κ1) is 20.6. The van der Waals surface area contributed by atoms with Crippen molar-refractivity contribution in [3.63, 3.8) is 0 Å². The Hall–Kier alpha value is -3.12. The van der Waals surface area contributed by atoms with Gasteiger partial charge in [0.1, 0.15) is 0 Å². The van der Waals surface area contributed by atoms with E-state index in [1.807, 2.05) is 73.8 Å². The van der Waals surface area contributed by atoms with E-state index < -0.39 is 0 Å². The molecule has 0 saturated heterocycles. The lowest BCUT2D eigenvalue weighted by molar-refractivity contribution is -0.116. The zero-order valence-electron chi connectivity index (χ0n) is 16.9. The smallest absolute Gasteiger partial charge is 0.252 e. The number of ether oxygens (including phenoxy) is 2. The van der Waals surface area contributed by atoms with Crippen LogP contribution in [-0.4, -0.2) is 25.1 Å². The number of hydrogen-bond donors (Lipinski definition) is 1. The lowest BCUT2D eigenvalue weighted by atomic mass is 10.0. The number of nitrogens with one attached hydrogen (secondary N) is 1. The Balaban J connectivity index is 1.95. The highest BCUT2D eigenvalue weighted by atomic mass is 32.1. The molecule has 0 aliphatic carbocycles. The van der Waals surface area contributed by atoms with E-state index in [1.165, 1.54) is 0 Å². The summed E-state index contributed by atoms with van der Waals surface area (Å²) in [7, 11) is 3.19. The molecule has 1 unspecified atom stereocenters. The number of hydrogen-bond acceptors (Lipinski definition) is 5. The first-order valence-corrected chi connectivity index (χ1v) is 10.1. The monoisotopic (exact) mass is 408 g/mol. The minimum atomic E-state index is -0.190. The summed E-state index contributed by atoms with van der Waals surface area (Å²) in [6.07, 6.45) is 1.85. The lowest BCUT2D eigenvalue weighted by Gasteiger charge is -2.15. The second kappa shape index (κ2) is 9.39. The van der Waals surface area contributed by atoms with Gasteiger partial charge in [-0.05, 0) is 43.2 Å². The third kappa shape index (κ3) is 5.03. The molecule has 0 saturated carbocycles. The highest BCUT2D eigenvalue weighted by molar-refractivity contribution is 7.09. The van der Waals surface area contributed by atoms with Crippen LogP contribution in [0.2, 0.25) is 0 Å². The quantitative estimate of drug-likeness (QED) is 0.447. The lowest BCUT2D eigenvalue weighted by Crippen LogP contribution is -2.27. The molecule has 0 radical (unpaired) electrons. The van der Waals surface area contributed by atoms with Crippen LogP contribution in [0.4, 0.5) is 0 Å². The van der Waals surface area contributed by atoms with Crippen molar-refractivity contribution in [3.05, 3.63) is 75.7 Å². The van der Waals surface area contributed by atoms with Gasteiger partial charge in [-0.1, -0.05) is 36.4 Å². The maximum absolute atomic E-state index is 13.2. The van der Waals surface area contributed by atoms with E-state index >= 15 is 0 Å². The Kier molecular flexibility index (Phi) is 6.67. The van der Waals surface area contributed by atoms with Gasteiger partial charge in [0, 0.05) is 11.0 Å². The van der Waals surface area contributed by atoms with Crippen LogP contribution >= 0.6 is 11.3 Å². The van der Waals surface area contributed by atoms with Gasteiger partial charge in [-0.15, -0.1) is 11.3 Å². The number of carbonyl (C=O) groups is 1. The van der Waals surface area contributed by atoms with E-state index in [-0.39, 0.29) is 11.9 Å². The van der Waals surface area contributed by atoms with Crippen LogP contribution in [0.15, 0.2) is 53.9 Å². The first-order chi connectivity index (χ1) is 14.0. The predicted molar refractivity (Wildman–Crippen MR) is 117 cm³/mol. The van der Waals surface area contributed by atoms with Crippen molar-refractivity contribution in [2.24, 2.45) is 0 Å². The molecule has 0 fully saturated rings. The molecular weight excluding hydrogens is 384 g/mol. The molecule has 150 valence electrons. The van der Waals surface area contributed by atoms with E-state index in [9.17, 15) is 4.79 Å². The zero-order chi connectivity index (χ0) is 20.8. The Labute approximate surface area is 175 Å². The number of nitrogens with zero attached hydrogens (tertiary/aromatic N) is 1. The maximum Gasteiger partial charge on any atom is 0.252 e. The maximum atomic E-state index is 13.2. The normalized spacial score (nSPS) is 12.3. The van der Waals surface area contributed by atoms with E-state index in [0.717, 1.165) is 21.8 Å². The summed E-state index contributed by atoms with van der Waals surface area (Å²) in [6.45, 7) is 3.89. The molecule has 1 amide bonds. The van der Waals surface area contributed by atoms with Crippen LogP contribution in [0.1, 0.15) is 34.8 Å². The van der Waals surface area contributed by atoms with Crippen molar-refractivity contribution in [2.45, 2.75) is 19.9 Å². The van der Waals surface area contributed by atoms with Crippen molar-refractivity contribution in [3.8, 4) is 11.5 Å². The number of amides is 1. The molecule has 5 nitrogen and oxygen atoms in total. The van der Waals surface area contributed by atoms with Crippen LogP contribution < -0.4 is 14.8 Å². The number of aromatic nitrogens is 1. The molecule has 6 heteroatoms. The number of rotatable bonds is 7. The molecule has 1 heterocycles. The molecule has 29 heavy (non-hydrogen) atoms. The SMILES string of the molecule is COc1ccc(/C=C(/C(=O)NC(C)c2csc(C)n2)c2ccccc2)cc1OC. The third-order valence-corrected chi connectivity index (χ3v) is 5.27. The Morgan fingerprint density at radius 2 is 1.83 bits per heavy atom. The summed E-state index contributed by atoms with van der Waals surface area (Å²) in [5.74, 6) is 1.09. The van der Waals surface area contributed by atoms with E-state index in [0.29, 0.717) is 17.1 Å². The summed E-state index contributed by atoms with van der Waals surface area (Å²) >= 11 is 1.57. The Morgan fingerprint density at radius 3 is 2.45 bits per heavy atom. The van der Waals surface area contributed by atoms with Gasteiger partial charge in [0.15, 0.2) is 11.5 Å². The molecule has 0 bridgehead atoms. The summed E-state index contributed by atoms with van der Waals surface area (Å²) < 4.78 is 10.7. The molecule has 1 atom stereocenters. The van der Waals surface area contributed by atoms with Gasteiger partial charge in [-0.3, -0.25) is 4.79 Å². The minimum Gasteiger partial charge on any atom is -0.493 e. The molecule has 3 aromatic rings. The number of thiazole rings is 1. The van der Waals surface area contributed by atoms with Gasteiger partial charge < -0.3 is 14.8 Å². The van der Waals surface area contributed by atoms with Crippen molar-refractivity contribution < 1.29 is 14.3 Å². The topological polar surface area (TPSA) is 60.5 Å². The molecule has 0 aliphatic rings. The molecule has 1 N–H and O–H groups in total. The van der Waals surface area contributed by atoms with Crippen LogP contribution in [0.3, 0.4) is 0 Å². The van der Waals surface area contributed by atoms with Gasteiger partial charge in [-0.2, -0.15) is 0 Å². The fourth-order valence-electron chi connectivity index (χ4n) is 2.93. The summed E-state index contributed by atoms with van der Waals surface area (Å²) in [4.78, 5) is 17.6. The summed E-state index contributed by atoms with van der Waals surface area (Å²) in [5, 5.41) is 6.01. The van der Waals surface area contributed by atoms with Crippen molar-refractivity contribution in [2.75, 3.05) is 14.2 Å². The van der Waals surface area contributed by atoms with Crippen molar-refractivity contribution in [1.29, 1.82) is 0 Å². The Morgan fingerprint density at radius 1 is 1.10 bits per heavy atom. The summed E-state index contributed by atoms with van der Waals surface area (Å²) in [6, 6.07) is 15.0. The standard InChI is InChI=1S/C23H24N2O3S/c1-15(20-14-29-16(2)25-20)24-23(26)19(18-8-6-5-7-9-18)12-17-10-11-21(27-3)22(13-17)28-4/h5-15H,1-4H3,(H,24,26)/b19-12+. The van der Waals surface area contributed by atoms with Gasteiger partial charge in [0.05, 0.1) is 31.0 Å². The number of benzene rings is 2. The number of carbonyl (C=O) groups excluding carboxylic acids is 1. The second-order valence-electron chi connectivity index (χ2n) is 6.52. The van der Waals surface area contributed by atoms with Crippen LogP contribution in [0, 0.1) is 6.92 Å². The van der Waals surface area contributed by atoms with Crippen LogP contribution in [0.25, 0.3) is 11.6 Å². The molecule has 3 rings (SSSR count). The van der Waals surface area contributed by atoms with Crippen LogP contribution in [-0.2, 0) is 4.79 Å². The van der Waals surface area contributed by atoms with Gasteiger partial charge in [0.2, 0.25) is 0 Å². The molecule has 1 aromatic heterocycles. The number of aryl methyl sites for hydroxylation is 1. The van der Waals surface area contributed by atoms with Crippen molar-refractivity contribution in [1.82, 2.24) is 10.3 Å². The van der Waals surface area contributed by atoms with E-state index in [1.54, 1.807) is 25.6 Å². The van der Waals surface area contributed by atoms with Crippen molar-refractivity contribution >= 4 is 28.9 Å². The average Bonchev–Trinajstić information content (AvgIpc) is 3.18. The highest BCUT2D eigenvalue weighted by Gasteiger charge is 2.17. The highest BCUT2D eigenvalue weighted by Crippen LogP contribution is 2.30. The van der Waals surface area contributed by atoms with E-state index in [2.05, 4.69) is 10.3 Å². The first-order valence-electron chi connectivity index (χ1n) is 9.24. The molecule has 0 aliphatic heterocycles. The third-order valence-electron chi connectivity index (χ3n) is 4.48.